The van der Waals surface area contributed by atoms with Gasteiger partial charge in [0.2, 0.25) is 5.89 Å². The number of hydrogen-bond acceptors (Lipinski definition) is 5. The Bertz CT molecular complexity index is 561. The Morgan fingerprint density at radius 3 is 2.85 bits per heavy atom. The van der Waals surface area contributed by atoms with Crippen LogP contribution in [0, 0.1) is 5.82 Å². The summed E-state index contributed by atoms with van der Waals surface area (Å²) in [7, 11) is 0. The van der Waals surface area contributed by atoms with E-state index in [9.17, 15) is 4.39 Å². The van der Waals surface area contributed by atoms with E-state index in [2.05, 4.69) is 10.1 Å². The molecule has 2 rings (SSSR count). The third kappa shape index (κ3) is 3.58. The van der Waals surface area contributed by atoms with E-state index in [1.165, 1.54) is 17.8 Å². The van der Waals surface area contributed by atoms with E-state index >= 15 is 0 Å². The smallest absolute Gasteiger partial charge is 0.231 e. The van der Waals surface area contributed by atoms with Crippen LogP contribution in [0.5, 0.6) is 0 Å². The van der Waals surface area contributed by atoms with Crippen molar-refractivity contribution in [3.05, 3.63) is 41.8 Å². The molecule has 0 saturated carbocycles. The van der Waals surface area contributed by atoms with Crippen LogP contribution in [0.2, 0.25) is 0 Å². The maximum absolute atomic E-state index is 13.5. The molecule has 20 heavy (non-hydrogen) atoms. The number of benzene rings is 1. The van der Waals surface area contributed by atoms with Crippen molar-refractivity contribution in [1.82, 2.24) is 10.1 Å². The molecule has 2 atom stereocenters. The fourth-order valence-corrected chi connectivity index (χ4v) is 2.53. The van der Waals surface area contributed by atoms with Crippen LogP contribution in [0.25, 0.3) is 0 Å². The van der Waals surface area contributed by atoms with Gasteiger partial charge in [0.25, 0.3) is 0 Å². The molecule has 0 fully saturated rings. The summed E-state index contributed by atoms with van der Waals surface area (Å²) in [5.74, 6) is 1.37. The highest BCUT2D eigenvalue weighted by molar-refractivity contribution is 7.98. The maximum atomic E-state index is 13.5. The van der Waals surface area contributed by atoms with E-state index in [1.807, 2.05) is 13.8 Å². The van der Waals surface area contributed by atoms with Crippen LogP contribution in [-0.2, 0) is 5.75 Å². The molecule has 2 aromatic rings. The fourth-order valence-electron chi connectivity index (χ4n) is 1.75. The second-order valence-corrected chi connectivity index (χ2v) is 5.65. The Morgan fingerprint density at radius 2 is 2.15 bits per heavy atom. The molecule has 108 valence electrons. The van der Waals surface area contributed by atoms with Crippen molar-refractivity contribution in [1.29, 1.82) is 0 Å². The summed E-state index contributed by atoms with van der Waals surface area (Å²) >= 11 is 1.35. The van der Waals surface area contributed by atoms with Gasteiger partial charge in [-0.05, 0) is 18.6 Å². The molecule has 6 heteroatoms. The number of halogens is 1. The number of rotatable bonds is 6. The van der Waals surface area contributed by atoms with Crippen molar-refractivity contribution in [2.24, 2.45) is 5.73 Å². The first-order valence-electron chi connectivity index (χ1n) is 6.57. The van der Waals surface area contributed by atoms with Crippen LogP contribution in [0.15, 0.2) is 33.7 Å². The molecule has 0 spiro atoms. The molecule has 0 saturated heterocycles. The number of nitrogens with zero attached hydrogens (tertiary/aromatic N) is 2. The number of nitrogens with two attached hydrogens (primary N) is 1. The lowest BCUT2D eigenvalue weighted by Gasteiger charge is -2.13. The van der Waals surface area contributed by atoms with Crippen LogP contribution >= 0.6 is 11.8 Å². The van der Waals surface area contributed by atoms with Crippen molar-refractivity contribution in [3.8, 4) is 0 Å². The standard InChI is InChI=1S/C14H18FN3OS/c1-3-11(16)9(2)14-17-13(18-19-14)8-20-12-7-5-4-6-10(12)15/h4-7,9,11H,3,8,16H2,1-2H3. The lowest BCUT2D eigenvalue weighted by atomic mass is 10.0. The van der Waals surface area contributed by atoms with Crippen molar-refractivity contribution >= 4 is 11.8 Å². The highest BCUT2D eigenvalue weighted by Gasteiger charge is 2.19. The molecule has 0 radical (unpaired) electrons. The molecule has 0 amide bonds. The van der Waals surface area contributed by atoms with E-state index in [0.717, 1.165) is 6.42 Å². The average Bonchev–Trinajstić information content (AvgIpc) is 2.93. The summed E-state index contributed by atoms with van der Waals surface area (Å²) in [4.78, 5) is 4.90. The highest BCUT2D eigenvalue weighted by Crippen LogP contribution is 2.25. The Hall–Kier alpha value is -1.40. The van der Waals surface area contributed by atoms with Crippen LogP contribution in [-0.4, -0.2) is 16.2 Å². The lowest BCUT2D eigenvalue weighted by molar-refractivity contribution is 0.337. The normalized spacial score (nSPS) is 14.2. The zero-order chi connectivity index (χ0) is 14.5. The minimum atomic E-state index is -0.234. The second kappa shape index (κ2) is 6.85. The lowest BCUT2D eigenvalue weighted by Crippen LogP contribution is -2.25. The molecule has 2 N–H and O–H groups in total. The predicted molar refractivity (Wildman–Crippen MR) is 76.9 cm³/mol. The summed E-state index contributed by atoms with van der Waals surface area (Å²) in [6, 6.07) is 6.64. The summed E-state index contributed by atoms with van der Waals surface area (Å²) in [6.07, 6.45) is 0.850. The summed E-state index contributed by atoms with van der Waals surface area (Å²) in [5, 5.41) is 3.91. The van der Waals surface area contributed by atoms with Crippen LogP contribution in [0.4, 0.5) is 4.39 Å². The molecule has 1 heterocycles. The van der Waals surface area contributed by atoms with Gasteiger partial charge in [0, 0.05) is 10.9 Å². The molecule has 1 aromatic heterocycles. The van der Waals surface area contributed by atoms with Gasteiger partial charge in [-0.15, -0.1) is 11.8 Å². The fraction of sp³-hybridized carbons (Fsp3) is 0.429. The number of hydrogen-bond donors (Lipinski definition) is 1. The first-order valence-corrected chi connectivity index (χ1v) is 7.55. The Kier molecular flexibility index (Phi) is 5.14. The highest BCUT2D eigenvalue weighted by atomic mass is 32.2. The predicted octanol–water partition coefficient (Wildman–Crippen LogP) is 3.34. The third-order valence-electron chi connectivity index (χ3n) is 3.18. The van der Waals surface area contributed by atoms with Crippen molar-refractivity contribution in [3.63, 3.8) is 0 Å². The van der Waals surface area contributed by atoms with Crippen LogP contribution in [0.1, 0.15) is 37.9 Å². The average molecular weight is 295 g/mol. The molecule has 0 aliphatic carbocycles. The van der Waals surface area contributed by atoms with E-state index in [-0.39, 0.29) is 17.8 Å². The molecular weight excluding hydrogens is 277 g/mol. The first kappa shape index (κ1) is 15.0. The van der Waals surface area contributed by atoms with Gasteiger partial charge >= 0.3 is 0 Å². The summed E-state index contributed by atoms with van der Waals surface area (Å²) < 4.78 is 18.7. The van der Waals surface area contributed by atoms with Gasteiger partial charge in [-0.1, -0.05) is 31.1 Å². The van der Waals surface area contributed by atoms with E-state index in [0.29, 0.717) is 22.4 Å². The van der Waals surface area contributed by atoms with Gasteiger partial charge in [0.05, 0.1) is 11.7 Å². The Labute approximate surface area is 121 Å². The van der Waals surface area contributed by atoms with Crippen LogP contribution < -0.4 is 5.73 Å². The van der Waals surface area contributed by atoms with Gasteiger partial charge < -0.3 is 10.3 Å². The minimum Gasteiger partial charge on any atom is -0.339 e. The van der Waals surface area contributed by atoms with Gasteiger partial charge in [-0.2, -0.15) is 4.98 Å². The van der Waals surface area contributed by atoms with Gasteiger partial charge in [-0.25, -0.2) is 4.39 Å². The monoisotopic (exact) mass is 295 g/mol. The topological polar surface area (TPSA) is 64.9 Å². The largest absolute Gasteiger partial charge is 0.339 e. The van der Waals surface area contributed by atoms with Gasteiger partial charge in [0.15, 0.2) is 5.82 Å². The van der Waals surface area contributed by atoms with E-state index < -0.39 is 0 Å². The first-order chi connectivity index (χ1) is 9.61. The van der Waals surface area contributed by atoms with Crippen molar-refractivity contribution < 1.29 is 8.91 Å². The molecule has 0 aliphatic heterocycles. The minimum absolute atomic E-state index is 0.00233. The molecule has 4 nitrogen and oxygen atoms in total. The van der Waals surface area contributed by atoms with E-state index in [4.69, 9.17) is 10.3 Å². The molecule has 0 aliphatic rings. The van der Waals surface area contributed by atoms with Crippen LogP contribution in [0.3, 0.4) is 0 Å². The van der Waals surface area contributed by atoms with E-state index in [1.54, 1.807) is 18.2 Å². The quantitative estimate of drug-likeness (QED) is 0.828. The number of thioether (sulfide) groups is 1. The SMILES string of the molecule is CCC(N)C(C)c1nc(CSc2ccccc2F)no1. The third-order valence-corrected chi connectivity index (χ3v) is 4.23. The summed E-state index contributed by atoms with van der Waals surface area (Å²) in [6.45, 7) is 3.99. The Morgan fingerprint density at radius 1 is 1.40 bits per heavy atom. The molecule has 2 unspecified atom stereocenters. The zero-order valence-corrected chi connectivity index (χ0v) is 12.4. The van der Waals surface area contributed by atoms with Crippen molar-refractivity contribution in [2.75, 3.05) is 0 Å². The van der Waals surface area contributed by atoms with Crippen molar-refractivity contribution in [2.45, 2.75) is 42.9 Å². The molecular formula is C14H18FN3OS. The second-order valence-electron chi connectivity index (χ2n) is 4.63. The molecule has 1 aromatic carbocycles. The molecule has 0 bridgehead atoms. The Balaban J connectivity index is 1.98. The zero-order valence-electron chi connectivity index (χ0n) is 11.5. The number of aromatic nitrogens is 2. The maximum Gasteiger partial charge on any atom is 0.231 e. The summed E-state index contributed by atoms with van der Waals surface area (Å²) in [5.41, 5.74) is 5.96. The van der Waals surface area contributed by atoms with Gasteiger partial charge in [-0.3, -0.25) is 0 Å². The van der Waals surface area contributed by atoms with Gasteiger partial charge in [0.1, 0.15) is 5.82 Å².